The third-order valence-corrected chi connectivity index (χ3v) is 2.80. The van der Waals surface area contributed by atoms with Gasteiger partial charge in [-0.05, 0) is 36.2 Å². The molecule has 0 aliphatic heterocycles. The number of phenols is 2. The Balaban J connectivity index is 2.08. The summed E-state index contributed by atoms with van der Waals surface area (Å²) >= 11 is 0. The summed E-state index contributed by atoms with van der Waals surface area (Å²) in [4.78, 5) is 15.9. The summed E-state index contributed by atoms with van der Waals surface area (Å²) in [5, 5.41) is 21.5. The lowest BCUT2D eigenvalue weighted by molar-refractivity contribution is 0.0948. The first-order chi connectivity index (χ1) is 9.08. The van der Waals surface area contributed by atoms with E-state index in [1.165, 1.54) is 12.1 Å². The molecule has 0 radical (unpaired) electrons. The highest BCUT2D eigenvalue weighted by Gasteiger charge is 2.11. The lowest BCUT2D eigenvalue weighted by Crippen LogP contribution is -2.23. The van der Waals surface area contributed by atoms with Gasteiger partial charge in [0, 0.05) is 25.0 Å². The van der Waals surface area contributed by atoms with E-state index in [2.05, 4.69) is 10.3 Å². The first-order valence-electron chi connectivity index (χ1n) is 5.77. The molecule has 1 aromatic carbocycles. The number of phenolic OH excluding ortho intramolecular Hbond substituents is 2. The van der Waals surface area contributed by atoms with Crippen LogP contribution in [0, 0.1) is 6.92 Å². The standard InChI is InChI=1S/C14H14N2O3/c1-9-7-15-5-4-10(9)8-16-14(19)12-3-2-11(17)6-13(12)18/h2-7,17-18H,8H2,1H3,(H,16,19). The molecule has 0 bridgehead atoms. The third kappa shape index (κ3) is 3.01. The topological polar surface area (TPSA) is 82.5 Å². The van der Waals surface area contributed by atoms with Crippen LogP contribution in [-0.4, -0.2) is 21.1 Å². The van der Waals surface area contributed by atoms with Gasteiger partial charge in [0.2, 0.25) is 0 Å². The Morgan fingerprint density at radius 1 is 1.32 bits per heavy atom. The number of rotatable bonds is 3. The molecule has 1 aromatic heterocycles. The molecule has 0 atom stereocenters. The van der Waals surface area contributed by atoms with Gasteiger partial charge in [-0.1, -0.05) is 0 Å². The summed E-state index contributed by atoms with van der Waals surface area (Å²) in [5.41, 5.74) is 2.07. The molecule has 2 rings (SSSR count). The number of hydrogen-bond acceptors (Lipinski definition) is 4. The minimum absolute atomic E-state index is 0.0842. The van der Waals surface area contributed by atoms with Crippen LogP contribution < -0.4 is 5.32 Å². The molecular formula is C14H14N2O3. The summed E-state index contributed by atoms with van der Waals surface area (Å²) in [6.45, 7) is 2.26. The number of aromatic hydroxyl groups is 2. The molecule has 0 saturated carbocycles. The molecule has 2 aromatic rings. The van der Waals surface area contributed by atoms with Crippen LogP contribution >= 0.6 is 0 Å². The second kappa shape index (κ2) is 5.39. The molecule has 0 saturated heterocycles. The number of benzene rings is 1. The number of aromatic nitrogens is 1. The van der Waals surface area contributed by atoms with E-state index < -0.39 is 5.91 Å². The zero-order valence-corrected chi connectivity index (χ0v) is 10.4. The third-order valence-electron chi connectivity index (χ3n) is 2.80. The molecule has 5 nitrogen and oxygen atoms in total. The smallest absolute Gasteiger partial charge is 0.255 e. The number of hydrogen-bond donors (Lipinski definition) is 3. The highest BCUT2D eigenvalue weighted by Crippen LogP contribution is 2.22. The quantitative estimate of drug-likeness (QED) is 0.783. The second-order valence-electron chi connectivity index (χ2n) is 4.19. The van der Waals surface area contributed by atoms with Crippen molar-refractivity contribution in [2.45, 2.75) is 13.5 Å². The number of carbonyl (C=O) groups is 1. The minimum Gasteiger partial charge on any atom is -0.508 e. The Labute approximate surface area is 110 Å². The Morgan fingerprint density at radius 3 is 2.79 bits per heavy atom. The predicted octanol–water partition coefficient (Wildman–Crippen LogP) is 1.73. The van der Waals surface area contributed by atoms with E-state index >= 15 is 0 Å². The van der Waals surface area contributed by atoms with E-state index in [0.717, 1.165) is 17.2 Å². The molecule has 1 amide bonds. The molecule has 0 spiro atoms. The molecule has 5 heteroatoms. The number of pyridine rings is 1. The van der Waals surface area contributed by atoms with Gasteiger partial charge in [0.1, 0.15) is 11.5 Å². The summed E-state index contributed by atoms with van der Waals surface area (Å²) in [6, 6.07) is 5.69. The fourth-order valence-corrected chi connectivity index (χ4v) is 1.68. The molecule has 98 valence electrons. The Hall–Kier alpha value is -2.56. The molecule has 0 aliphatic carbocycles. The van der Waals surface area contributed by atoms with Crippen molar-refractivity contribution < 1.29 is 15.0 Å². The maximum atomic E-state index is 11.9. The maximum Gasteiger partial charge on any atom is 0.255 e. The summed E-state index contributed by atoms with van der Waals surface area (Å²) in [6.07, 6.45) is 3.38. The number of aryl methyl sites for hydroxylation is 1. The number of nitrogens with one attached hydrogen (secondary N) is 1. The van der Waals surface area contributed by atoms with E-state index in [0.29, 0.717) is 6.54 Å². The van der Waals surface area contributed by atoms with E-state index in [4.69, 9.17) is 5.11 Å². The monoisotopic (exact) mass is 258 g/mol. The van der Waals surface area contributed by atoms with Crippen molar-refractivity contribution in [3.05, 3.63) is 53.3 Å². The molecular weight excluding hydrogens is 244 g/mol. The molecule has 1 heterocycles. The van der Waals surface area contributed by atoms with Crippen molar-refractivity contribution >= 4 is 5.91 Å². The highest BCUT2D eigenvalue weighted by atomic mass is 16.3. The van der Waals surface area contributed by atoms with Crippen molar-refractivity contribution in [3.8, 4) is 11.5 Å². The Morgan fingerprint density at radius 2 is 2.11 bits per heavy atom. The minimum atomic E-state index is -0.395. The van der Waals surface area contributed by atoms with Gasteiger partial charge in [-0.25, -0.2) is 0 Å². The molecule has 0 aliphatic rings. The van der Waals surface area contributed by atoms with Crippen LogP contribution in [0.5, 0.6) is 11.5 Å². The summed E-state index contributed by atoms with van der Waals surface area (Å²) < 4.78 is 0. The number of amides is 1. The van der Waals surface area contributed by atoms with Crippen molar-refractivity contribution in [3.63, 3.8) is 0 Å². The zero-order valence-electron chi connectivity index (χ0n) is 10.4. The van der Waals surface area contributed by atoms with Crippen LogP contribution in [0.1, 0.15) is 21.5 Å². The van der Waals surface area contributed by atoms with Crippen molar-refractivity contribution in [2.24, 2.45) is 0 Å². The van der Waals surface area contributed by atoms with Crippen LogP contribution in [0.4, 0.5) is 0 Å². The van der Waals surface area contributed by atoms with Gasteiger partial charge in [-0.15, -0.1) is 0 Å². The van der Waals surface area contributed by atoms with Crippen LogP contribution in [0.2, 0.25) is 0 Å². The number of nitrogens with zero attached hydrogens (tertiary/aromatic N) is 1. The molecule has 19 heavy (non-hydrogen) atoms. The average molecular weight is 258 g/mol. The normalized spacial score (nSPS) is 10.2. The maximum absolute atomic E-state index is 11.9. The molecule has 3 N–H and O–H groups in total. The van der Waals surface area contributed by atoms with Crippen molar-refractivity contribution in [2.75, 3.05) is 0 Å². The number of carbonyl (C=O) groups excluding carboxylic acids is 1. The van der Waals surface area contributed by atoms with Crippen molar-refractivity contribution in [1.82, 2.24) is 10.3 Å². The van der Waals surface area contributed by atoms with Gasteiger partial charge in [-0.2, -0.15) is 0 Å². The van der Waals surface area contributed by atoms with Gasteiger partial charge >= 0.3 is 0 Å². The first-order valence-corrected chi connectivity index (χ1v) is 5.77. The van der Waals surface area contributed by atoms with Gasteiger partial charge in [0.15, 0.2) is 0 Å². The van der Waals surface area contributed by atoms with Gasteiger partial charge in [0.25, 0.3) is 5.91 Å². The van der Waals surface area contributed by atoms with Crippen LogP contribution in [-0.2, 0) is 6.54 Å². The van der Waals surface area contributed by atoms with Gasteiger partial charge in [-0.3, -0.25) is 9.78 Å². The van der Waals surface area contributed by atoms with E-state index in [1.54, 1.807) is 12.4 Å². The fraction of sp³-hybridized carbons (Fsp3) is 0.143. The lowest BCUT2D eigenvalue weighted by Gasteiger charge is -2.08. The molecule has 0 fully saturated rings. The van der Waals surface area contributed by atoms with Gasteiger partial charge < -0.3 is 15.5 Å². The Kier molecular flexibility index (Phi) is 3.66. The highest BCUT2D eigenvalue weighted by molar-refractivity contribution is 5.96. The SMILES string of the molecule is Cc1cnccc1CNC(=O)c1ccc(O)cc1O. The predicted molar refractivity (Wildman–Crippen MR) is 69.9 cm³/mol. The van der Waals surface area contributed by atoms with Crippen molar-refractivity contribution in [1.29, 1.82) is 0 Å². The summed E-state index contributed by atoms with van der Waals surface area (Å²) in [7, 11) is 0. The van der Waals surface area contributed by atoms with E-state index in [9.17, 15) is 9.90 Å². The van der Waals surface area contributed by atoms with Crippen LogP contribution in [0.15, 0.2) is 36.7 Å². The Bertz CT molecular complexity index is 611. The second-order valence-corrected chi connectivity index (χ2v) is 4.19. The van der Waals surface area contributed by atoms with Gasteiger partial charge in [0.05, 0.1) is 5.56 Å². The van der Waals surface area contributed by atoms with Crippen LogP contribution in [0.3, 0.4) is 0 Å². The lowest BCUT2D eigenvalue weighted by atomic mass is 10.1. The largest absolute Gasteiger partial charge is 0.508 e. The fourth-order valence-electron chi connectivity index (χ4n) is 1.68. The first kappa shape index (κ1) is 12.9. The zero-order chi connectivity index (χ0) is 13.8. The van der Waals surface area contributed by atoms with Crippen LogP contribution in [0.25, 0.3) is 0 Å². The average Bonchev–Trinajstić information content (AvgIpc) is 2.37. The summed E-state index contributed by atoms with van der Waals surface area (Å²) in [5.74, 6) is -0.725. The van der Waals surface area contributed by atoms with E-state index in [1.807, 2.05) is 13.0 Å². The van der Waals surface area contributed by atoms with E-state index in [-0.39, 0.29) is 17.1 Å². The molecule has 0 unspecified atom stereocenters.